The number of aryl methyl sites for hydroxylation is 2. The van der Waals surface area contributed by atoms with Crippen molar-refractivity contribution in [2.45, 2.75) is 32.4 Å². The molecule has 2 aliphatic rings. The molecule has 1 aromatic heterocycles. The first-order valence-electron chi connectivity index (χ1n) is 8.08. The van der Waals surface area contributed by atoms with Gasteiger partial charge >= 0.3 is 0 Å². The number of fused-ring (bicyclic) bond motifs is 1. The molecule has 0 unspecified atom stereocenters. The molecule has 2 aliphatic heterocycles. The lowest BCUT2D eigenvalue weighted by Crippen LogP contribution is -2.60. The maximum atomic E-state index is 12.9. The summed E-state index contributed by atoms with van der Waals surface area (Å²) in [5.74, 6) is 0.134. The highest BCUT2D eigenvalue weighted by Gasteiger charge is 2.48. The van der Waals surface area contributed by atoms with Gasteiger partial charge in [0.05, 0.1) is 28.8 Å². The minimum absolute atomic E-state index is 0.0724. The Labute approximate surface area is 137 Å². The third-order valence-corrected chi connectivity index (χ3v) is 6.51. The van der Waals surface area contributed by atoms with Gasteiger partial charge in [0.15, 0.2) is 9.84 Å². The van der Waals surface area contributed by atoms with E-state index < -0.39 is 9.84 Å². The Morgan fingerprint density at radius 2 is 2.00 bits per heavy atom. The summed E-state index contributed by atoms with van der Waals surface area (Å²) in [7, 11) is -1.31. The van der Waals surface area contributed by atoms with E-state index >= 15 is 0 Å². The standard InChI is InChI=1S/C15H24N4O3S/c1-4-5-18-6-7-19(14-10-23(21,22)9-13(14)18)15(20)12-8-17(3)16-11(12)2/h8,13-14H,4-7,9-10H2,1-3H3/t13-,14+/m1/s1. The van der Waals surface area contributed by atoms with E-state index in [4.69, 9.17) is 0 Å². The SMILES string of the molecule is CCCN1CCN(C(=O)c2cn(C)nc2C)[C@H]2CS(=O)(=O)C[C@H]21. The Kier molecular flexibility index (Phi) is 4.22. The number of hydrogen-bond acceptors (Lipinski definition) is 5. The van der Waals surface area contributed by atoms with Crippen molar-refractivity contribution in [1.29, 1.82) is 0 Å². The van der Waals surface area contributed by atoms with E-state index in [1.54, 1.807) is 22.8 Å². The van der Waals surface area contributed by atoms with Crippen molar-refractivity contribution < 1.29 is 13.2 Å². The third kappa shape index (κ3) is 3.01. The average Bonchev–Trinajstić information content (AvgIpc) is 2.97. The van der Waals surface area contributed by atoms with Crippen LogP contribution in [-0.4, -0.2) is 77.1 Å². The maximum Gasteiger partial charge on any atom is 0.257 e. The van der Waals surface area contributed by atoms with Crippen molar-refractivity contribution in [1.82, 2.24) is 19.6 Å². The molecule has 1 aromatic rings. The summed E-state index contributed by atoms with van der Waals surface area (Å²) in [5.41, 5.74) is 1.25. The minimum Gasteiger partial charge on any atom is -0.332 e. The fraction of sp³-hybridized carbons (Fsp3) is 0.733. The van der Waals surface area contributed by atoms with Crippen molar-refractivity contribution in [3.63, 3.8) is 0 Å². The van der Waals surface area contributed by atoms with E-state index in [1.807, 2.05) is 6.92 Å². The highest BCUT2D eigenvalue weighted by Crippen LogP contribution is 2.28. The van der Waals surface area contributed by atoms with Crippen molar-refractivity contribution in [3.8, 4) is 0 Å². The van der Waals surface area contributed by atoms with Crippen LogP contribution in [0.2, 0.25) is 0 Å². The second-order valence-corrected chi connectivity index (χ2v) is 8.70. The third-order valence-electron chi connectivity index (χ3n) is 4.81. The first-order valence-corrected chi connectivity index (χ1v) is 9.90. The molecule has 0 spiro atoms. The van der Waals surface area contributed by atoms with Crippen molar-refractivity contribution in [2.75, 3.05) is 31.1 Å². The van der Waals surface area contributed by atoms with E-state index in [0.29, 0.717) is 17.8 Å². The van der Waals surface area contributed by atoms with Gasteiger partial charge < -0.3 is 4.90 Å². The second kappa shape index (κ2) is 5.90. The number of carbonyl (C=O) groups is 1. The van der Waals surface area contributed by atoms with Crippen molar-refractivity contribution in [2.24, 2.45) is 7.05 Å². The van der Waals surface area contributed by atoms with Gasteiger partial charge in [0.25, 0.3) is 5.91 Å². The lowest BCUT2D eigenvalue weighted by atomic mass is 10.0. The summed E-state index contributed by atoms with van der Waals surface area (Å²) in [5, 5.41) is 4.23. The molecule has 2 atom stereocenters. The van der Waals surface area contributed by atoms with Gasteiger partial charge in [-0.05, 0) is 19.9 Å². The zero-order valence-electron chi connectivity index (χ0n) is 13.9. The molecule has 0 bridgehead atoms. The molecular weight excluding hydrogens is 316 g/mol. The predicted octanol–water partition coefficient (Wildman–Crippen LogP) is 0.0619. The number of carbonyl (C=O) groups excluding carboxylic acids is 1. The van der Waals surface area contributed by atoms with E-state index in [0.717, 1.165) is 19.5 Å². The van der Waals surface area contributed by atoms with Gasteiger partial charge in [0.1, 0.15) is 0 Å². The normalized spacial score (nSPS) is 27.2. The van der Waals surface area contributed by atoms with Gasteiger partial charge in [-0.15, -0.1) is 0 Å². The zero-order valence-corrected chi connectivity index (χ0v) is 14.7. The average molecular weight is 340 g/mol. The van der Waals surface area contributed by atoms with Gasteiger partial charge in [-0.3, -0.25) is 14.4 Å². The molecule has 2 saturated heterocycles. The van der Waals surface area contributed by atoms with Crippen LogP contribution >= 0.6 is 0 Å². The van der Waals surface area contributed by atoms with Crippen LogP contribution in [0, 0.1) is 6.92 Å². The largest absolute Gasteiger partial charge is 0.332 e. The van der Waals surface area contributed by atoms with Gasteiger partial charge in [-0.25, -0.2) is 8.42 Å². The van der Waals surface area contributed by atoms with Crippen molar-refractivity contribution in [3.05, 3.63) is 17.5 Å². The summed E-state index contributed by atoms with van der Waals surface area (Å²) < 4.78 is 25.9. The molecule has 3 rings (SSSR count). The molecule has 0 aliphatic carbocycles. The molecule has 128 valence electrons. The Balaban J connectivity index is 1.89. The quantitative estimate of drug-likeness (QED) is 0.778. The number of aromatic nitrogens is 2. The number of amides is 1. The van der Waals surface area contributed by atoms with Crippen LogP contribution in [0.4, 0.5) is 0 Å². The Hall–Kier alpha value is -1.41. The van der Waals surface area contributed by atoms with Crippen molar-refractivity contribution >= 4 is 15.7 Å². The van der Waals surface area contributed by atoms with E-state index in [-0.39, 0.29) is 29.5 Å². The molecule has 7 nitrogen and oxygen atoms in total. The van der Waals surface area contributed by atoms with Gasteiger partial charge in [0, 0.05) is 32.4 Å². The molecule has 23 heavy (non-hydrogen) atoms. The van der Waals surface area contributed by atoms with Gasteiger partial charge in [0.2, 0.25) is 0 Å². The monoisotopic (exact) mass is 340 g/mol. The lowest BCUT2D eigenvalue weighted by molar-refractivity contribution is 0.0332. The van der Waals surface area contributed by atoms with Crippen LogP contribution in [0.3, 0.4) is 0 Å². The summed E-state index contributed by atoms with van der Waals surface area (Å²) in [6.45, 7) is 6.09. The first-order chi connectivity index (χ1) is 10.8. The zero-order chi connectivity index (χ0) is 16.8. The molecule has 0 radical (unpaired) electrons. The molecule has 0 aromatic carbocycles. The van der Waals surface area contributed by atoms with E-state index in [2.05, 4.69) is 16.9 Å². The number of sulfone groups is 1. The first kappa shape index (κ1) is 16.4. The molecule has 8 heteroatoms. The Bertz CT molecular complexity index is 712. The van der Waals surface area contributed by atoms with Crippen LogP contribution < -0.4 is 0 Å². The Morgan fingerprint density at radius 3 is 2.61 bits per heavy atom. The minimum atomic E-state index is -3.09. The lowest BCUT2D eigenvalue weighted by Gasteiger charge is -2.43. The molecule has 0 N–H and O–H groups in total. The fourth-order valence-corrected chi connectivity index (χ4v) is 5.82. The highest BCUT2D eigenvalue weighted by molar-refractivity contribution is 7.91. The number of piperazine rings is 1. The number of hydrogen-bond donors (Lipinski definition) is 0. The highest BCUT2D eigenvalue weighted by atomic mass is 32.2. The summed E-state index contributed by atoms with van der Waals surface area (Å²) in [4.78, 5) is 16.9. The van der Waals surface area contributed by atoms with Crippen LogP contribution in [0.1, 0.15) is 29.4 Å². The van der Waals surface area contributed by atoms with Crippen LogP contribution in [0.15, 0.2) is 6.20 Å². The number of nitrogens with zero attached hydrogens (tertiary/aromatic N) is 4. The van der Waals surface area contributed by atoms with Crippen LogP contribution in [0.25, 0.3) is 0 Å². The summed E-state index contributed by atoms with van der Waals surface area (Å²) in [6, 6.07) is -0.318. The van der Waals surface area contributed by atoms with Gasteiger partial charge in [-0.2, -0.15) is 5.10 Å². The molecule has 0 saturated carbocycles. The smallest absolute Gasteiger partial charge is 0.257 e. The number of rotatable bonds is 3. The van der Waals surface area contributed by atoms with E-state index in [1.165, 1.54) is 0 Å². The molecule has 1 amide bonds. The molecular formula is C15H24N4O3S. The fourth-order valence-electron chi connectivity index (χ4n) is 3.81. The summed E-state index contributed by atoms with van der Waals surface area (Å²) >= 11 is 0. The van der Waals surface area contributed by atoms with Crippen LogP contribution in [-0.2, 0) is 16.9 Å². The summed E-state index contributed by atoms with van der Waals surface area (Å²) in [6.07, 6.45) is 2.70. The topological polar surface area (TPSA) is 75.5 Å². The van der Waals surface area contributed by atoms with Crippen LogP contribution in [0.5, 0.6) is 0 Å². The molecule has 2 fully saturated rings. The second-order valence-electron chi connectivity index (χ2n) is 6.55. The molecule has 3 heterocycles. The van der Waals surface area contributed by atoms with E-state index in [9.17, 15) is 13.2 Å². The van der Waals surface area contributed by atoms with Gasteiger partial charge in [-0.1, -0.05) is 6.92 Å². The predicted molar refractivity (Wildman–Crippen MR) is 87.1 cm³/mol. The maximum absolute atomic E-state index is 12.9. The Morgan fingerprint density at radius 1 is 1.30 bits per heavy atom.